The van der Waals surface area contributed by atoms with Crippen LogP contribution in [0.25, 0.3) is 156 Å². The maximum absolute atomic E-state index is 4.89. The quantitative estimate of drug-likeness (QED) is 0.149. The molecule has 20 rings (SSSR count). The van der Waals surface area contributed by atoms with Crippen LogP contribution in [0.5, 0.6) is 0 Å². The van der Waals surface area contributed by atoms with Gasteiger partial charge in [-0.15, -0.1) is 0 Å². The summed E-state index contributed by atoms with van der Waals surface area (Å²) in [6.07, 6.45) is 7.35. The van der Waals surface area contributed by atoms with Crippen LogP contribution in [0.2, 0.25) is 0 Å². The summed E-state index contributed by atoms with van der Waals surface area (Å²) in [5.41, 5.74) is 18.3. The van der Waals surface area contributed by atoms with Crippen molar-refractivity contribution in [3.05, 3.63) is 364 Å². The van der Waals surface area contributed by atoms with E-state index in [-0.39, 0.29) is 0 Å². The van der Waals surface area contributed by atoms with Crippen molar-refractivity contribution in [3.8, 4) is 68.0 Å². The molecule has 0 aliphatic rings. The van der Waals surface area contributed by atoms with Crippen LogP contribution >= 0.6 is 63.7 Å². The second-order valence-electron chi connectivity index (χ2n) is 24.7. The molecule has 0 bridgehead atoms. The van der Waals surface area contributed by atoms with Gasteiger partial charge in [0.05, 0.1) is 22.1 Å². The first-order valence-corrected chi connectivity index (χ1v) is 36.8. The van der Waals surface area contributed by atoms with E-state index in [9.17, 15) is 0 Å². The largest absolute Gasteiger partial charge is 0.294 e. The molecular formula is C89H57Br4N11. The lowest BCUT2D eigenvalue weighted by molar-refractivity contribution is 0.944. The van der Waals surface area contributed by atoms with Crippen molar-refractivity contribution in [2.75, 3.05) is 0 Å². The molecule has 104 heavy (non-hydrogen) atoms. The Hall–Kier alpha value is -11.9. The highest BCUT2D eigenvalue weighted by atomic mass is 79.9. The Morgan fingerprint density at radius 1 is 0.202 bits per heavy atom. The van der Waals surface area contributed by atoms with E-state index in [0.29, 0.717) is 17.6 Å². The smallest absolute Gasteiger partial charge is 0.240 e. The minimum atomic E-state index is 0.537. The summed E-state index contributed by atoms with van der Waals surface area (Å²) in [5.74, 6) is 1.78. The second-order valence-corrected chi connectivity index (χ2v) is 28.3. The maximum Gasteiger partial charge on any atom is 0.240 e. The van der Waals surface area contributed by atoms with Crippen molar-refractivity contribution in [1.82, 2.24) is 53.2 Å². The molecule has 15 heteroatoms. The van der Waals surface area contributed by atoms with E-state index in [1.807, 2.05) is 144 Å². The Morgan fingerprint density at radius 2 is 0.500 bits per heavy atom. The topological polar surface area (TPSA) is 110 Å². The molecule has 0 aliphatic carbocycles. The Morgan fingerprint density at radius 3 is 0.894 bits per heavy atom. The van der Waals surface area contributed by atoms with E-state index in [2.05, 4.69) is 298 Å². The van der Waals surface area contributed by atoms with E-state index in [0.717, 1.165) is 96.0 Å². The Balaban J connectivity index is 0.000000104. The normalized spacial score (nSPS) is 11.3. The third-order valence-corrected chi connectivity index (χ3v) is 20.3. The van der Waals surface area contributed by atoms with Gasteiger partial charge in [-0.1, -0.05) is 252 Å². The number of hydrogen-bond acceptors (Lipinski definition) is 7. The van der Waals surface area contributed by atoms with Crippen molar-refractivity contribution in [1.29, 1.82) is 0 Å². The lowest BCUT2D eigenvalue weighted by Gasteiger charge is -2.10. The molecular weight excluding hydrogens is 1540 g/mol. The molecule has 0 spiro atoms. The van der Waals surface area contributed by atoms with Gasteiger partial charge in [0.1, 0.15) is 22.6 Å². The lowest BCUT2D eigenvalue weighted by Crippen LogP contribution is -2.06. The molecule has 0 saturated carbocycles. The molecule has 0 unspecified atom stereocenters. The molecule has 0 radical (unpaired) electrons. The van der Waals surface area contributed by atoms with Gasteiger partial charge in [0.2, 0.25) is 5.95 Å². The van der Waals surface area contributed by atoms with E-state index >= 15 is 0 Å². The molecule has 11 nitrogen and oxygen atoms in total. The molecule has 0 fully saturated rings. The van der Waals surface area contributed by atoms with Gasteiger partial charge in [0.25, 0.3) is 0 Å². The number of para-hydroxylation sites is 1. The van der Waals surface area contributed by atoms with Crippen LogP contribution in [0.3, 0.4) is 0 Å². The van der Waals surface area contributed by atoms with Crippen molar-refractivity contribution >= 4 is 151 Å². The first-order chi connectivity index (χ1) is 51.2. The van der Waals surface area contributed by atoms with Gasteiger partial charge in [-0.3, -0.25) is 18.3 Å². The fourth-order valence-corrected chi connectivity index (χ4v) is 15.0. The minimum absolute atomic E-state index is 0.537. The van der Waals surface area contributed by atoms with Crippen LogP contribution in [0, 0.1) is 0 Å². The van der Waals surface area contributed by atoms with Crippen LogP contribution in [0.4, 0.5) is 0 Å². The van der Waals surface area contributed by atoms with Gasteiger partial charge < -0.3 is 0 Å². The standard InChI is InChI=1S/C26H16BrN5.2C23H15BrN2.C17H11BrN2/c27-19-13-14-20-21-12-7-15-28-25(21)32(22(20)16-19)26-30-23(17-8-3-1-4-9-17)29-24(31-26)18-10-5-2-6-11-18;24-18-11-12-20-21-10-5-13-25-23(21)26(22(20)15-18)19-9-4-8-17(14-19)16-6-2-1-3-7-16;24-18-10-13-20-21-7-4-14-25-23(21)26(22(20)15-18)19-11-8-17(9-12-19)16-5-2-1-3-6-16;18-12-8-9-14-15-7-4-10-19-17(15)20(16(14)11-12)13-5-2-1-3-6-13/h1-16H;2*1-15H;1-11H. The number of aromatic nitrogens is 11. The zero-order chi connectivity index (χ0) is 70.0. The second kappa shape index (κ2) is 28.9. The Bertz CT molecular complexity index is 6470. The summed E-state index contributed by atoms with van der Waals surface area (Å²) in [5, 5.41) is 9.31. The molecule has 0 amide bonds. The fraction of sp³-hybridized carbons (Fsp3) is 0. The highest BCUT2D eigenvalue weighted by Gasteiger charge is 2.21. The van der Waals surface area contributed by atoms with Crippen LogP contribution in [-0.4, -0.2) is 53.2 Å². The number of nitrogens with zero attached hydrogens (tertiary/aromatic N) is 11. The molecule has 0 atom stereocenters. The summed E-state index contributed by atoms with van der Waals surface area (Å²) < 4.78 is 12.9. The van der Waals surface area contributed by atoms with Gasteiger partial charge in [-0.05, 0) is 156 Å². The predicted octanol–water partition coefficient (Wildman–Crippen LogP) is 24.6. The van der Waals surface area contributed by atoms with Gasteiger partial charge in [-0.2, -0.15) is 9.97 Å². The number of halogens is 4. The average Bonchev–Trinajstić information content (AvgIpc) is 1.62. The van der Waals surface area contributed by atoms with Gasteiger partial charge in [-0.25, -0.2) is 24.9 Å². The Labute approximate surface area is 631 Å². The molecule has 9 heterocycles. The molecule has 9 aromatic heterocycles. The maximum atomic E-state index is 4.89. The van der Waals surface area contributed by atoms with E-state index in [4.69, 9.17) is 15.0 Å². The van der Waals surface area contributed by atoms with Crippen molar-refractivity contribution in [3.63, 3.8) is 0 Å². The predicted molar refractivity (Wildman–Crippen MR) is 440 cm³/mol. The average molecular weight is 1600 g/mol. The van der Waals surface area contributed by atoms with Gasteiger partial charge >= 0.3 is 0 Å². The third kappa shape index (κ3) is 12.8. The van der Waals surface area contributed by atoms with Crippen LogP contribution < -0.4 is 0 Å². The summed E-state index contributed by atoms with van der Waals surface area (Å²) in [4.78, 5) is 33.1. The van der Waals surface area contributed by atoms with Gasteiger partial charge in [0, 0.05) is 114 Å². The highest BCUT2D eigenvalue weighted by Crippen LogP contribution is 2.38. The zero-order valence-corrected chi connectivity index (χ0v) is 61.7. The minimum Gasteiger partial charge on any atom is -0.294 e. The van der Waals surface area contributed by atoms with E-state index < -0.39 is 0 Å². The summed E-state index contributed by atoms with van der Waals surface area (Å²) in [6.45, 7) is 0. The van der Waals surface area contributed by atoms with Crippen LogP contribution in [-0.2, 0) is 0 Å². The van der Waals surface area contributed by atoms with Crippen LogP contribution in [0.15, 0.2) is 364 Å². The van der Waals surface area contributed by atoms with E-state index in [1.54, 1.807) is 6.20 Å². The van der Waals surface area contributed by atoms with Crippen LogP contribution in [0.1, 0.15) is 0 Å². The van der Waals surface area contributed by atoms with E-state index in [1.165, 1.54) is 60.1 Å². The summed E-state index contributed by atoms with van der Waals surface area (Å²) in [7, 11) is 0. The molecule has 0 saturated heterocycles. The third-order valence-electron chi connectivity index (χ3n) is 18.3. The van der Waals surface area contributed by atoms with Crippen molar-refractivity contribution in [2.24, 2.45) is 0 Å². The SMILES string of the molecule is Brc1ccc2c3cccnc3n(-c3ccc(-c4ccccc4)cc3)c2c1.Brc1ccc2c3cccnc3n(-c3cccc(-c4ccccc4)c3)c2c1.Brc1ccc2c3cccnc3n(-c3ccccc3)c2c1.Brc1ccc2c3cccnc3n(-c3nc(-c4ccccc4)nc(-c4ccccc4)n3)c2c1. The lowest BCUT2D eigenvalue weighted by atomic mass is 10.1. The first-order valence-electron chi connectivity index (χ1n) is 33.7. The van der Waals surface area contributed by atoms with Crippen molar-refractivity contribution in [2.45, 2.75) is 0 Å². The zero-order valence-electron chi connectivity index (χ0n) is 55.3. The molecule has 0 aliphatic heterocycles. The molecule has 496 valence electrons. The first kappa shape index (κ1) is 65.5. The van der Waals surface area contributed by atoms with Crippen molar-refractivity contribution < 1.29 is 0 Å². The molecule has 20 aromatic rings. The number of hydrogen-bond donors (Lipinski definition) is 0. The molecule has 0 N–H and O–H groups in total. The van der Waals surface area contributed by atoms with Gasteiger partial charge in [0.15, 0.2) is 11.6 Å². The monoisotopic (exact) mass is 1600 g/mol. The highest BCUT2D eigenvalue weighted by molar-refractivity contribution is 9.11. The molecule has 11 aromatic carbocycles. The fourth-order valence-electron chi connectivity index (χ4n) is 13.6. The Kier molecular flexibility index (Phi) is 18.2. The summed E-state index contributed by atoms with van der Waals surface area (Å²) in [6, 6.07) is 110. The number of benzene rings is 11. The number of fused-ring (bicyclic) bond motifs is 12. The number of rotatable bonds is 8. The number of pyridine rings is 4. The summed E-state index contributed by atoms with van der Waals surface area (Å²) >= 11 is 14.4.